The summed E-state index contributed by atoms with van der Waals surface area (Å²) in [7, 11) is -3.61. The van der Waals surface area contributed by atoms with E-state index in [9.17, 15) is 8.42 Å². The highest BCUT2D eigenvalue weighted by atomic mass is 32.2. The number of nitrogens with zero attached hydrogens (tertiary/aromatic N) is 7. The van der Waals surface area contributed by atoms with Crippen LogP contribution in [0.5, 0.6) is 0 Å². The molecule has 11 heteroatoms. The fourth-order valence-electron chi connectivity index (χ4n) is 4.15. The highest BCUT2D eigenvalue weighted by molar-refractivity contribution is 7.89. The summed E-state index contributed by atoms with van der Waals surface area (Å²) >= 11 is 0. The van der Waals surface area contributed by atoms with Gasteiger partial charge in [-0.1, -0.05) is 12.1 Å². The minimum absolute atomic E-state index is 0.265. The van der Waals surface area contributed by atoms with Gasteiger partial charge in [-0.05, 0) is 32.9 Å². The molecule has 1 saturated heterocycles. The second kappa shape index (κ2) is 8.90. The molecule has 0 unspecified atom stereocenters. The standard InChI is InChI=1S/C24H27N7O3S/c1-16-17(2)31(15-25-16)24-13-23(26-18(3)27-24)29-9-11-30(12-10-29)35(32,33)21-7-5-20(6-8-21)22-14-34-19(4)28-22/h5-8,13-15H,9-12H2,1-4H3. The molecule has 1 aromatic carbocycles. The van der Waals surface area contributed by atoms with Crippen LogP contribution < -0.4 is 4.90 Å². The first-order valence-corrected chi connectivity index (χ1v) is 12.8. The number of hydrogen-bond acceptors (Lipinski definition) is 8. The van der Waals surface area contributed by atoms with Crippen LogP contribution in [0.4, 0.5) is 5.82 Å². The molecule has 4 heterocycles. The van der Waals surface area contributed by atoms with Crippen LogP contribution >= 0.6 is 0 Å². The van der Waals surface area contributed by atoms with Gasteiger partial charge >= 0.3 is 0 Å². The van der Waals surface area contributed by atoms with Crippen LogP contribution in [0.2, 0.25) is 0 Å². The third-order valence-electron chi connectivity index (χ3n) is 6.28. The van der Waals surface area contributed by atoms with Crippen molar-refractivity contribution in [2.75, 3.05) is 31.1 Å². The van der Waals surface area contributed by atoms with Crippen LogP contribution in [-0.4, -0.2) is 63.4 Å². The molecule has 1 fully saturated rings. The number of aryl methyl sites for hydroxylation is 3. The molecule has 3 aromatic heterocycles. The highest BCUT2D eigenvalue weighted by Crippen LogP contribution is 2.25. The smallest absolute Gasteiger partial charge is 0.243 e. The van der Waals surface area contributed by atoms with E-state index >= 15 is 0 Å². The molecule has 0 amide bonds. The highest BCUT2D eigenvalue weighted by Gasteiger charge is 2.29. The van der Waals surface area contributed by atoms with Crippen LogP contribution in [0.25, 0.3) is 17.1 Å². The van der Waals surface area contributed by atoms with E-state index < -0.39 is 10.0 Å². The Morgan fingerprint density at radius 2 is 1.57 bits per heavy atom. The van der Waals surface area contributed by atoms with Gasteiger partial charge in [0, 0.05) is 50.4 Å². The molecule has 35 heavy (non-hydrogen) atoms. The minimum atomic E-state index is -3.61. The molecule has 4 aromatic rings. The Kier molecular flexibility index (Phi) is 5.89. The van der Waals surface area contributed by atoms with E-state index in [1.165, 1.54) is 4.31 Å². The van der Waals surface area contributed by atoms with Gasteiger partial charge in [0.15, 0.2) is 5.89 Å². The Labute approximate surface area is 204 Å². The zero-order valence-corrected chi connectivity index (χ0v) is 20.9. The van der Waals surface area contributed by atoms with E-state index in [2.05, 4.69) is 24.8 Å². The van der Waals surface area contributed by atoms with Gasteiger partial charge < -0.3 is 9.32 Å². The second-order valence-electron chi connectivity index (χ2n) is 8.58. The van der Waals surface area contributed by atoms with Gasteiger partial charge in [0.25, 0.3) is 0 Å². The lowest BCUT2D eigenvalue weighted by molar-refractivity contribution is 0.383. The van der Waals surface area contributed by atoms with Gasteiger partial charge in [0.05, 0.1) is 10.6 Å². The predicted octanol–water partition coefficient (Wildman–Crippen LogP) is 3.06. The van der Waals surface area contributed by atoms with Crippen LogP contribution in [0.3, 0.4) is 0 Å². The van der Waals surface area contributed by atoms with Crippen molar-refractivity contribution in [1.82, 2.24) is 28.8 Å². The molecule has 5 rings (SSSR count). The summed E-state index contributed by atoms with van der Waals surface area (Å²) in [4.78, 5) is 20.2. The van der Waals surface area contributed by atoms with Crippen molar-refractivity contribution in [2.45, 2.75) is 32.6 Å². The molecule has 0 saturated carbocycles. The molecule has 1 aliphatic heterocycles. The van der Waals surface area contributed by atoms with Gasteiger partial charge in [-0.3, -0.25) is 4.57 Å². The van der Waals surface area contributed by atoms with E-state index in [4.69, 9.17) is 4.42 Å². The monoisotopic (exact) mass is 493 g/mol. The zero-order chi connectivity index (χ0) is 24.7. The average Bonchev–Trinajstić information content (AvgIpc) is 3.44. The van der Waals surface area contributed by atoms with E-state index in [1.54, 1.807) is 43.8 Å². The van der Waals surface area contributed by atoms with Crippen molar-refractivity contribution >= 4 is 15.8 Å². The van der Waals surface area contributed by atoms with E-state index in [0.717, 1.165) is 28.6 Å². The predicted molar refractivity (Wildman–Crippen MR) is 131 cm³/mol. The number of benzene rings is 1. The second-order valence-corrected chi connectivity index (χ2v) is 10.5. The van der Waals surface area contributed by atoms with Crippen LogP contribution in [0, 0.1) is 27.7 Å². The van der Waals surface area contributed by atoms with E-state index in [0.29, 0.717) is 43.6 Å². The number of rotatable bonds is 5. The summed E-state index contributed by atoms with van der Waals surface area (Å²) in [5.41, 5.74) is 3.46. The van der Waals surface area contributed by atoms with Crippen molar-refractivity contribution < 1.29 is 12.8 Å². The summed E-state index contributed by atoms with van der Waals surface area (Å²) in [5, 5.41) is 0. The van der Waals surface area contributed by atoms with Crippen molar-refractivity contribution in [2.24, 2.45) is 0 Å². The maximum absolute atomic E-state index is 13.3. The largest absolute Gasteiger partial charge is 0.449 e. The Balaban J connectivity index is 1.31. The van der Waals surface area contributed by atoms with E-state index in [-0.39, 0.29) is 4.90 Å². The number of sulfonamides is 1. The lowest BCUT2D eigenvalue weighted by Crippen LogP contribution is -2.49. The fourth-order valence-corrected chi connectivity index (χ4v) is 5.57. The van der Waals surface area contributed by atoms with Crippen molar-refractivity contribution in [3.05, 3.63) is 66.0 Å². The lowest BCUT2D eigenvalue weighted by Gasteiger charge is -2.34. The van der Waals surface area contributed by atoms with Crippen LogP contribution in [-0.2, 0) is 10.0 Å². The van der Waals surface area contributed by atoms with Gasteiger partial charge in [-0.15, -0.1) is 0 Å². The van der Waals surface area contributed by atoms with Crippen molar-refractivity contribution in [1.29, 1.82) is 0 Å². The summed E-state index contributed by atoms with van der Waals surface area (Å²) in [6.45, 7) is 9.40. The molecule has 1 aliphatic rings. The molecule has 0 N–H and O–H groups in total. The quantitative estimate of drug-likeness (QED) is 0.417. The number of anilines is 1. The lowest BCUT2D eigenvalue weighted by atomic mass is 10.2. The number of hydrogen-bond donors (Lipinski definition) is 0. The number of oxazole rings is 1. The van der Waals surface area contributed by atoms with Crippen LogP contribution in [0.15, 0.2) is 52.2 Å². The van der Waals surface area contributed by atoms with Gasteiger partial charge in [0.2, 0.25) is 10.0 Å². The third kappa shape index (κ3) is 4.44. The average molecular weight is 494 g/mol. The number of imidazole rings is 1. The normalized spacial score (nSPS) is 15.0. The molecular weight excluding hydrogens is 466 g/mol. The maximum atomic E-state index is 13.3. The Morgan fingerprint density at radius 3 is 2.17 bits per heavy atom. The topological polar surface area (TPSA) is 110 Å². The van der Waals surface area contributed by atoms with Crippen molar-refractivity contribution in [3.63, 3.8) is 0 Å². The molecule has 0 bridgehead atoms. The maximum Gasteiger partial charge on any atom is 0.243 e. The molecule has 0 atom stereocenters. The van der Waals surface area contributed by atoms with Gasteiger partial charge in [-0.2, -0.15) is 4.31 Å². The first kappa shape index (κ1) is 23.2. The zero-order valence-electron chi connectivity index (χ0n) is 20.1. The first-order valence-electron chi connectivity index (χ1n) is 11.4. The number of aromatic nitrogens is 5. The number of piperazine rings is 1. The third-order valence-corrected chi connectivity index (χ3v) is 8.19. The SMILES string of the molecule is Cc1nc(N2CCN(S(=O)(=O)c3ccc(-c4coc(C)n4)cc3)CC2)cc(-n2cnc(C)c2C)n1. The molecular formula is C24H27N7O3S. The fraction of sp³-hybridized carbons (Fsp3) is 0.333. The summed E-state index contributed by atoms with van der Waals surface area (Å²) in [6.07, 6.45) is 3.32. The Hall–Kier alpha value is -3.57. The summed E-state index contributed by atoms with van der Waals surface area (Å²) in [5.74, 6) is 2.75. The molecule has 10 nitrogen and oxygen atoms in total. The van der Waals surface area contributed by atoms with Crippen LogP contribution in [0.1, 0.15) is 23.1 Å². The molecule has 0 radical (unpaired) electrons. The first-order chi connectivity index (χ1) is 16.7. The summed E-state index contributed by atoms with van der Waals surface area (Å²) in [6, 6.07) is 8.68. The van der Waals surface area contributed by atoms with Crippen molar-refractivity contribution in [3.8, 4) is 17.1 Å². The molecule has 182 valence electrons. The van der Waals surface area contributed by atoms with E-state index in [1.807, 2.05) is 31.4 Å². The molecule has 0 aliphatic carbocycles. The summed E-state index contributed by atoms with van der Waals surface area (Å²) < 4.78 is 35.2. The van der Waals surface area contributed by atoms with Gasteiger partial charge in [-0.25, -0.2) is 28.4 Å². The molecule has 0 spiro atoms. The minimum Gasteiger partial charge on any atom is -0.449 e. The van der Waals surface area contributed by atoms with Gasteiger partial charge in [0.1, 0.15) is 35.7 Å². The Bertz CT molecular complexity index is 1470. The Morgan fingerprint density at radius 1 is 0.886 bits per heavy atom.